The molecule has 2 aliphatic rings. The van der Waals surface area contributed by atoms with Crippen molar-refractivity contribution in [1.29, 1.82) is 0 Å². The fourth-order valence-electron chi connectivity index (χ4n) is 3.83. The first kappa shape index (κ1) is 20.8. The molecule has 1 aromatic carbocycles. The van der Waals surface area contributed by atoms with E-state index in [0.29, 0.717) is 29.2 Å². The van der Waals surface area contributed by atoms with Gasteiger partial charge in [0.05, 0.1) is 10.7 Å². The fourth-order valence-corrected chi connectivity index (χ4v) is 4.10. The van der Waals surface area contributed by atoms with Crippen LogP contribution in [0.3, 0.4) is 0 Å². The highest BCUT2D eigenvalue weighted by Crippen LogP contribution is 2.39. The lowest BCUT2D eigenvalue weighted by atomic mass is 9.91. The Labute approximate surface area is 171 Å². The zero-order valence-corrected chi connectivity index (χ0v) is 17.5. The average molecular weight is 409 g/mol. The lowest BCUT2D eigenvalue weighted by Gasteiger charge is -2.38. The maximum absolute atomic E-state index is 12.8. The summed E-state index contributed by atoms with van der Waals surface area (Å²) in [4.78, 5) is 26.2. The highest BCUT2D eigenvalue weighted by molar-refractivity contribution is 6.34. The highest BCUT2D eigenvalue weighted by Gasteiger charge is 2.41. The van der Waals surface area contributed by atoms with E-state index in [1.54, 1.807) is 23.1 Å². The van der Waals surface area contributed by atoms with Crippen LogP contribution in [0.4, 0.5) is 16.2 Å². The molecule has 2 N–H and O–H groups in total. The summed E-state index contributed by atoms with van der Waals surface area (Å²) in [5.74, 6) is -0.838. The van der Waals surface area contributed by atoms with Crippen molar-refractivity contribution < 1.29 is 19.4 Å². The Balaban J connectivity index is 1.85. The number of hydrogen-bond acceptors (Lipinski definition) is 4. The van der Waals surface area contributed by atoms with Crippen molar-refractivity contribution in [3.8, 4) is 0 Å². The van der Waals surface area contributed by atoms with Gasteiger partial charge in [-0.15, -0.1) is 0 Å². The van der Waals surface area contributed by atoms with Crippen molar-refractivity contribution in [3.05, 3.63) is 23.2 Å². The quantitative estimate of drug-likeness (QED) is 0.677. The summed E-state index contributed by atoms with van der Waals surface area (Å²) >= 11 is 6.54. The van der Waals surface area contributed by atoms with Gasteiger partial charge in [-0.1, -0.05) is 24.4 Å². The van der Waals surface area contributed by atoms with Gasteiger partial charge in [-0.2, -0.15) is 0 Å². The van der Waals surface area contributed by atoms with E-state index < -0.39 is 23.2 Å². The molecule has 1 aromatic rings. The molecule has 0 radical (unpaired) electrons. The third kappa shape index (κ3) is 4.37. The van der Waals surface area contributed by atoms with Gasteiger partial charge in [0.25, 0.3) is 0 Å². The van der Waals surface area contributed by atoms with Gasteiger partial charge in [0.15, 0.2) is 0 Å². The largest absolute Gasteiger partial charge is 0.480 e. The summed E-state index contributed by atoms with van der Waals surface area (Å²) in [6, 6.07) is 5.35. The van der Waals surface area contributed by atoms with Gasteiger partial charge in [-0.25, -0.2) is 9.59 Å². The molecule has 0 spiro atoms. The number of halogens is 1. The van der Waals surface area contributed by atoms with Crippen LogP contribution in [0.5, 0.6) is 0 Å². The zero-order chi connectivity index (χ0) is 20.5. The molecule has 0 saturated heterocycles. The molecule has 0 aromatic heterocycles. The number of nitrogens with zero attached hydrogens (tertiary/aromatic N) is 1. The standard InChI is InChI=1S/C21H29ClN2O4/c1-20(2,3)28-19(27)24(15-7-6-8-15)17-10-9-14(13-16(17)22)23-21(18(25)26)11-4-5-12-21/h9-10,13,15,23H,4-8,11-12H2,1-3H3,(H,25,26). The molecule has 7 heteroatoms. The lowest BCUT2D eigenvalue weighted by Crippen LogP contribution is -2.47. The molecule has 0 heterocycles. The minimum Gasteiger partial charge on any atom is -0.480 e. The third-order valence-corrected chi connectivity index (χ3v) is 5.79. The van der Waals surface area contributed by atoms with E-state index in [1.807, 2.05) is 20.8 Å². The van der Waals surface area contributed by atoms with Crippen LogP contribution < -0.4 is 10.2 Å². The first-order valence-electron chi connectivity index (χ1n) is 9.95. The SMILES string of the molecule is CC(C)(C)OC(=O)N(c1ccc(NC2(C(=O)O)CCCC2)cc1Cl)C1CCC1. The number of hydrogen-bond donors (Lipinski definition) is 2. The van der Waals surface area contributed by atoms with Crippen LogP contribution in [0.2, 0.25) is 5.02 Å². The predicted octanol–water partition coefficient (Wildman–Crippen LogP) is 5.44. The molecule has 3 rings (SSSR count). The van der Waals surface area contributed by atoms with E-state index >= 15 is 0 Å². The molecule has 1 amide bonds. The molecule has 2 aliphatic carbocycles. The second kappa shape index (κ2) is 7.82. The molecule has 2 saturated carbocycles. The Kier molecular flexibility index (Phi) is 5.80. The van der Waals surface area contributed by atoms with Crippen LogP contribution in [0.15, 0.2) is 18.2 Å². The number of anilines is 2. The molecule has 0 aliphatic heterocycles. The Bertz CT molecular complexity index is 749. The van der Waals surface area contributed by atoms with Crippen LogP contribution in [0, 0.1) is 0 Å². The van der Waals surface area contributed by atoms with E-state index in [9.17, 15) is 14.7 Å². The first-order chi connectivity index (χ1) is 13.1. The number of benzene rings is 1. The predicted molar refractivity (Wildman–Crippen MR) is 110 cm³/mol. The van der Waals surface area contributed by atoms with Crippen molar-refractivity contribution in [2.24, 2.45) is 0 Å². The van der Waals surface area contributed by atoms with Crippen molar-refractivity contribution in [2.45, 2.75) is 82.9 Å². The van der Waals surface area contributed by atoms with Crippen LogP contribution in [0.1, 0.15) is 65.7 Å². The number of amides is 1. The number of carbonyl (C=O) groups is 2. The van der Waals surface area contributed by atoms with Gasteiger partial charge in [0.2, 0.25) is 0 Å². The molecule has 0 bridgehead atoms. The average Bonchev–Trinajstić information content (AvgIpc) is 2.99. The Hall–Kier alpha value is -1.95. The number of carboxylic acids is 1. The van der Waals surface area contributed by atoms with E-state index in [2.05, 4.69) is 5.32 Å². The molecule has 154 valence electrons. The van der Waals surface area contributed by atoms with Crippen molar-refractivity contribution >= 4 is 35.0 Å². The molecule has 2 fully saturated rings. The zero-order valence-electron chi connectivity index (χ0n) is 16.8. The number of aliphatic carboxylic acids is 1. The fraction of sp³-hybridized carbons (Fsp3) is 0.619. The Morgan fingerprint density at radius 3 is 2.32 bits per heavy atom. The minimum absolute atomic E-state index is 0.0753. The maximum atomic E-state index is 12.8. The summed E-state index contributed by atoms with van der Waals surface area (Å²) in [6.07, 6.45) is 5.45. The van der Waals surface area contributed by atoms with Gasteiger partial charge in [0.1, 0.15) is 11.1 Å². The summed E-state index contributed by atoms with van der Waals surface area (Å²) in [5, 5.41) is 13.2. The minimum atomic E-state index is -0.941. The number of carboxylic acid groups (broad SMARTS) is 1. The van der Waals surface area contributed by atoms with Crippen LogP contribution in [-0.4, -0.2) is 34.4 Å². The van der Waals surface area contributed by atoms with Crippen molar-refractivity contribution in [3.63, 3.8) is 0 Å². The second-order valence-electron chi connectivity index (χ2n) is 8.82. The van der Waals surface area contributed by atoms with Crippen LogP contribution in [-0.2, 0) is 9.53 Å². The van der Waals surface area contributed by atoms with Crippen LogP contribution in [0.25, 0.3) is 0 Å². The topological polar surface area (TPSA) is 78.9 Å². The van der Waals surface area contributed by atoms with E-state index in [4.69, 9.17) is 16.3 Å². The van der Waals surface area contributed by atoms with E-state index in [1.165, 1.54) is 0 Å². The number of nitrogens with one attached hydrogen (secondary N) is 1. The van der Waals surface area contributed by atoms with E-state index in [0.717, 1.165) is 32.1 Å². The molecule has 0 atom stereocenters. The lowest BCUT2D eigenvalue weighted by molar-refractivity contribution is -0.142. The molecule has 0 unspecified atom stereocenters. The third-order valence-electron chi connectivity index (χ3n) is 5.49. The van der Waals surface area contributed by atoms with E-state index in [-0.39, 0.29) is 6.04 Å². The van der Waals surface area contributed by atoms with Crippen LogP contribution >= 0.6 is 11.6 Å². The Morgan fingerprint density at radius 2 is 1.86 bits per heavy atom. The van der Waals surface area contributed by atoms with Gasteiger partial charge >= 0.3 is 12.1 Å². The van der Waals surface area contributed by atoms with Gasteiger partial charge in [0, 0.05) is 11.7 Å². The first-order valence-corrected chi connectivity index (χ1v) is 10.3. The van der Waals surface area contributed by atoms with Crippen molar-refractivity contribution in [2.75, 3.05) is 10.2 Å². The number of carbonyl (C=O) groups excluding carboxylic acids is 1. The molecule has 6 nitrogen and oxygen atoms in total. The number of rotatable bonds is 5. The summed E-state index contributed by atoms with van der Waals surface area (Å²) < 4.78 is 5.59. The maximum Gasteiger partial charge on any atom is 0.415 e. The highest BCUT2D eigenvalue weighted by atomic mass is 35.5. The van der Waals surface area contributed by atoms with Gasteiger partial charge in [-0.05, 0) is 71.1 Å². The monoisotopic (exact) mass is 408 g/mol. The molecular weight excluding hydrogens is 380 g/mol. The summed E-state index contributed by atoms with van der Waals surface area (Å²) in [5.41, 5.74) is -0.287. The normalized spacial score (nSPS) is 19.0. The van der Waals surface area contributed by atoms with Gasteiger partial charge in [-0.3, -0.25) is 4.90 Å². The summed E-state index contributed by atoms with van der Waals surface area (Å²) in [7, 11) is 0. The smallest absolute Gasteiger partial charge is 0.415 e. The molecule has 28 heavy (non-hydrogen) atoms. The van der Waals surface area contributed by atoms with Crippen molar-refractivity contribution in [1.82, 2.24) is 0 Å². The molecular formula is C21H29ClN2O4. The van der Waals surface area contributed by atoms with Gasteiger partial charge < -0.3 is 15.2 Å². The number of ether oxygens (including phenoxy) is 1. The Morgan fingerprint density at radius 1 is 1.21 bits per heavy atom. The second-order valence-corrected chi connectivity index (χ2v) is 9.23. The summed E-state index contributed by atoms with van der Waals surface area (Å²) in [6.45, 7) is 5.52.